The Morgan fingerprint density at radius 3 is 2.68 bits per heavy atom. The molecular formula is C23H30FN3O. The molecule has 1 aromatic heterocycles. The summed E-state index contributed by atoms with van der Waals surface area (Å²) in [6, 6.07) is 12.8. The van der Waals surface area contributed by atoms with Crippen molar-refractivity contribution in [2.24, 2.45) is 5.92 Å². The lowest BCUT2D eigenvalue weighted by Crippen LogP contribution is -2.41. The van der Waals surface area contributed by atoms with Gasteiger partial charge in [-0.1, -0.05) is 31.0 Å². The number of likely N-dealkylation sites (tertiary alicyclic amines) is 1. The number of piperidine rings is 1. The van der Waals surface area contributed by atoms with E-state index in [0.717, 1.165) is 56.3 Å². The van der Waals surface area contributed by atoms with Crippen molar-refractivity contribution >= 4 is 5.82 Å². The molecule has 1 saturated heterocycles. The van der Waals surface area contributed by atoms with E-state index in [-0.39, 0.29) is 11.4 Å². The number of aromatic nitrogens is 1. The second-order valence-corrected chi connectivity index (χ2v) is 8.32. The van der Waals surface area contributed by atoms with Gasteiger partial charge in [0.25, 0.3) is 5.56 Å². The van der Waals surface area contributed by atoms with Crippen LogP contribution < -0.4 is 10.9 Å². The normalized spacial score (nSPS) is 20.1. The maximum atomic E-state index is 13.2. The van der Waals surface area contributed by atoms with Gasteiger partial charge in [-0.15, -0.1) is 0 Å². The average molecular weight is 384 g/mol. The average Bonchev–Trinajstić information content (AvgIpc) is 3.11. The van der Waals surface area contributed by atoms with Gasteiger partial charge in [-0.3, -0.25) is 9.36 Å². The smallest absolute Gasteiger partial charge is 0.252 e. The Labute approximate surface area is 166 Å². The lowest BCUT2D eigenvalue weighted by molar-refractivity contribution is 0.170. The molecule has 0 spiro atoms. The molecule has 0 radical (unpaired) electrons. The zero-order chi connectivity index (χ0) is 19.3. The van der Waals surface area contributed by atoms with E-state index >= 15 is 0 Å². The highest BCUT2D eigenvalue weighted by atomic mass is 19.1. The number of nitrogens with zero attached hydrogens (tertiary/aromatic N) is 2. The van der Waals surface area contributed by atoms with E-state index in [1.165, 1.54) is 31.7 Å². The molecular weight excluding hydrogens is 353 g/mol. The van der Waals surface area contributed by atoms with Gasteiger partial charge in [-0.2, -0.15) is 0 Å². The first kappa shape index (κ1) is 19.2. The van der Waals surface area contributed by atoms with E-state index in [2.05, 4.69) is 10.2 Å². The summed E-state index contributed by atoms with van der Waals surface area (Å²) < 4.78 is 15.1. The standard InChI is InChI=1S/C23H30FN3O/c24-20-8-3-7-19(15-20)6-2-1-5-18-11-13-26(14-12-18)16-21-17-27-22(25-21)9-4-10-23(27)28/h3-4,7-10,15,18,21,25H,1-2,5-6,11-14,16-17H2. The Morgan fingerprint density at radius 1 is 1.07 bits per heavy atom. The number of rotatable bonds is 7. The van der Waals surface area contributed by atoms with Crippen molar-refractivity contribution < 1.29 is 4.39 Å². The lowest BCUT2D eigenvalue weighted by atomic mass is 9.90. The molecule has 3 heterocycles. The number of nitrogens with one attached hydrogen (secondary N) is 1. The molecule has 0 amide bonds. The summed E-state index contributed by atoms with van der Waals surface area (Å²) in [7, 11) is 0. The zero-order valence-corrected chi connectivity index (χ0v) is 16.4. The molecule has 1 N–H and O–H groups in total. The summed E-state index contributed by atoms with van der Waals surface area (Å²) in [6.45, 7) is 4.08. The van der Waals surface area contributed by atoms with Gasteiger partial charge >= 0.3 is 0 Å². The summed E-state index contributed by atoms with van der Waals surface area (Å²) in [4.78, 5) is 14.5. The van der Waals surface area contributed by atoms with Crippen LogP contribution in [0, 0.1) is 11.7 Å². The number of hydrogen-bond acceptors (Lipinski definition) is 3. The van der Waals surface area contributed by atoms with Gasteiger partial charge in [-0.05, 0) is 68.5 Å². The molecule has 1 unspecified atom stereocenters. The van der Waals surface area contributed by atoms with E-state index in [9.17, 15) is 9.18 Å². The summed E-state index contributed by atoms with van der Waals surface area (Å²) in [5.74, 6) is 1.64. The molecule has 1 atom stereocenters. The molecule has 0 aliphatic carbocycles. The minimum absolute atomic E-state index is 0.0875. The van der Waals surface area contributed by atoms with Crippen molar-refractivity contribution in [3.8, 4) is 0 Å². The maximum Gasteiger partial charge on any atom is 0.252 e. The van der Waals surface area contributed by atoms with E-state index in [0.29, 0.717) is 6.04 Å². The second kappa shape index (κ2) is 8.91. The molecule has 2 aliphatic rings. The van der Waals surface area contributed by atoms with Gasteiger partial charge in [0, 0.05) is 19.2 Å². The fraction of sp³-hybridized carbons (Fsp3) is 0.522. The Bertz CT molecular complexity index is 842. The van der Waals surface area contributed by atoms with Gasteiger partial charge in [0.1, 0.15) is 11.6 Å². The SMILES string of the molecule is O=c1cccc2n1CC(CN1CCC(CCCCc3cccc(F)c3)CC1)N2. The summed E-state index contributed by atoms with van der Waals surface area (Å²) >= 11 is 0. The van der Waals surface area contributed by atoms with Crippen LogP contribution in [0.3, 0.4) is 0 Å². The van der Waals surface area contributed by atoms with Crippen molar-refractivity contribution in [2.75, 3.05) is 25.0 Å². The first-order chi connectivity index (χ1) is 13.7. The van der Waals surface area contributed by atoms with Crippen LogP contribution in [-0.2, 0) is 13.0 Å². The largest absolute Gasteiger partial charge is 0.366 e. The first-order valence-corrected chi connectivity index (χ1v) is 10.6. The Balaban J connectivity index is 1.14. The van der Waals surface area contributed by atoms with Crippen molar-refractivity contribution in [3.63, 3.8) is 0 Å². The molecule has 2 aromatic rings. The van der Waals surface area contributed by atoms with Gasteiger partial charge in [0.15, 0.2) is 0 Å². The number of anilines is 1. The van der Waals surface area contributed by atoms with Crippen LogP contribution in [0.4, 0.5) is 10.2 Å². The van der Waals surface area contributed by atoms with Crippen LogP contribution in [0.15, 0.2) is 47.3 Å². The summed E-state index contributed by atoms with van der Waals surface area (Å²) in [6.07, 6.45) is 7.15. The number of unbranched alkanes of at least 4 members (excludes halogenated alkanes) is 1. The zero-order valence-electron chi connectivity index (χ0n) is 16.4. The summed E-state index contributed by atoms with van der Waals surface area (Å²) in [5.41, 5.74) is 1.20. The molecule has 4 nitrogen and oxygen atoms in total. The van der Waals surface area contributed by atoms with E-state index in [1.54, 1.807) is 18.2 Å². The Kier molecular flexibility index (Phi) is 6.10. The van der Waals surface area contributed by atoms with Gasteiger partial charge in [0.2, 0.25) is 0 Å². The monoisotopic (exact) mass is 383 g/mol. The second-order valence-electron chi connectivity index (χ2n) is 8.32. The third-order valence-corrected chi connectivity index (χ3v) is 6.21. The number of fused-ring (bicyclic) bond motifs is 1. The van der Waals surface area contributed by atoms with E-state index < -0.39 is 0 Å². The van der Waals surface area contributed by atoms with Gasteiger partial charge in [0.05, 0.1) is 6.04 Å². The van der Waals surface area contributed by atoms with Crippen LogP contribution in [0.1, 0.15) is 37.7 Å². The molecule has 1 fully saturated rings. The topological polar surface area (TPSA) is 37.3 Å². The molecule has 0 saturated carbocycles. The number of halogens is 1. The fourth-order valence-electron chi connectivity index (χ4n) is 4.64. The van der Waals surface area contributed by atoms with Crippen molar-refractivity contribution in [1.82, 2.24) is 9.47 Å². The number of pyridine rings is 1. The van der Waals surface area contributed by atoms with E-state index in [4.69, 9.17) is 0 Å². The molecule has 0 bridgehead atoms. The van der Waals surface area contributed by atoms with Crippen LogP contribution in [-0.4, -0.2) is 35.1 Å². The molecule has 4 rings (SSSR count). The number of hydrogen-bond donors (Lipinski definition) is 1. The third-order valence-electron chi connectivity index (χ3n) is 6.21. The minimum Gasteiger partial charge on any atom is -0.366 e. The number of benzene rings is 1. The Morgan fingerprint density at radius 2 is 1.89 bits per heavy atom. The van der Waals surface area contributed by atoms with Crippen LogP contribution in [0.2, 0.25) is 0 Å². The minimum atomic E-state index is -0.130. The van der Waals surface area contributed by atoms with Crippen molar-refractivity contribution in [2.45, 2.75) is 51.1 Å². The molecule has 5 heteroatoms. The quantitative estimate of drug-likeness (QED) is 0.737. The highest BCUT2D eigenvalue weighted by Gasteiger charge is 2.25. The fourth-order valence-corrected chi connectivity index (χ4v) is 4.64. The van der Waals surface area contributed by atoms with E-state index in [1.807, 2.05) is 22.8 Å². The Hall–Kier alpha value is -2.14. The predicted octanol–water partition coefficient (Wildman–Crippen LogP) is 3.91. The van der Waals surface area contributed by atoms with Gasteiger partial charge < -0.3 is 10.2 Å². The first-order valence-electron chi connectivity index (χ1n) is 10.6. The lowest BCUT2D eigenvalue weighted by Gasteiger charge is -2.33. The number of aryl methyl sites for hydroxylation is 1. The molecule has 2 aliphatic heterocycles. The maximum absolute atomic E-state index is 13.2. The summed E-state index contributed by atoms with van der Waals surface area (Å²) in [5, 5.41) is 3.49. The van der Waals surface area contributed by atoms with Crippen LogP contribution in [0.25, 0.3) is 0 Å². The molecule has 150 valence electrons. The third kappa shape index (κ3) is 4.82. The van der Waals surface area contributed by atoms with Crippen molar-refractivity contribution in [3.05, 3.63) is 64.2 Å². The van der Waals surface area contributed by atoms with Crippen LogP contribution >= 0.6 is 0 Å². The van der Waals surface area contributed by atoms with Gasteiger partial charge in [-0.25, -0.2) is 4.39 Å². The molecule has 28 heavy (non-hydrogen) atoms. The highest BCUT2D eigenvalue weighted by Crippen LogP contribution is 2.24. The molecule has 1 aromatic carbocycles. The highest BCUT2D eigenvalue weighted by molar-refractivity contribution is 5.40. The van der Waals surface area contributed by atoms with Crippen molar-refractivity contribution in [1.29, 1.82) is 0 Å². The van der Waals surface area contributed by atoms with Crippen LogP contribution in [0.5, 0.6) is 0 Å². The predicted molar refractivity (Wildman–Crippen MR) is 111 cm³/mol.